The fourth-order valence-electron chi connectivity index (χ4n) is 2.10. The van der Waals surface area contributed by atoms with Crippen LogP contribution in [-0.2, 0) is 0 Å². The molecule has 3 rings (SSSR count). The lowest BCUT2D eigenvalue weighted by Gasteiger charge is -1.96. The van der Waals surface area contributed by atoms with Crippen LogP contribution >= 0.6 is 23.4 Å². The maximum atomic E-state index is 12.2. The highest BCUT2D eigenvalue weighted by Gasteiger charge is 2.09. The van der Waals surface area contributed by atoms with E-state index >= 15 is 0 Å². The Labute approximate surface area is 137 Å². The van der Waals surface area contributed by atoms with Crippen molar-refractivity contribution in [2.24, 2.45) is 0 Å². The summed E-state index contributed by atoms with van der Waals surface area (Å²) >= 11 is 7.62. The summed E-state index contributed by atoms with van der Waals surface area (Å²) in [6.45, 7) is 0. The number of carbonyl (C=O) groups is 1. The molecule has 0 saturated heterocycles. The Kier molecular flexibility index (Phi) is 4.36. The fourth-order valence-corrected chi connectivity index (χ4v) is 2.69. The van der Waals surface area contributed by atoms with Crippen molar-refractivity contribution in [1.82, 2.24) is 0 Å². The monoisotopic (exact) mass is 328 g/mol. The molecule has 22 heavy (non-hydrogen) atoms. The first-order chi connectivity index (χ1) is 10.7. The molecule has 0 amide bonds. The van der Waals surface area contributed by atoms with Crippen LogP contribution in [0.15, 0.2) is 63.9 Å². The molecular weight excluding hydrogens is 316 g/mol. The molecule has 1 heterocycles. The van der Waals surface area contributed by atoms with Crippen LogP contribution in [0.3, 0.4) is 0 Å². The van der Waals surface area contributed by atoms with E-state index in [4.69, 9.17) is 16.0 Å². The van der Waals surface area contributed by atoms with Crippen LogP contribution in [0.5, 0.6) is 0 Å². The molecule has 0 aliphatic rings. The molecule has 110 valence electrons. The third-order valence-electron chi connectivity index (χ3n) is 3.26. The highest BCUT2D eigenvalue weighted by atomic mass is 35.5. The minimum Gasteiger partial charge on any atom is -0.453 e. The van der Waals surface area contributed by atoms with Gasteiger partial charge in [-0.1, -0.05) is 29.8 Å². The van der Waals surface area contributed by atoms with Gasteiger partial charge in [0.1, 0.15) is 5.58 Å². The molecule has 0 saturated carbocycles. The van der Waals surface area contributed by atoms with Crippen molar-refractivity contribution >= 4 is 46.2 Å². The van der Waals surface area contributed by atoms with Gasteiger partial charge in [0.25, 0.3) is 0 Å². The number of halogens is 1. The number of fused-ring (bicyclic) bond motifs is 1. The number of ketones is 1. The second kappa shape index (κ2) is 6.42. The molecule has 0 N–H and O–H groups in total. The van der Waals surface area contributed by atoms with Crippen LogP contribution in [-0.4, -0.2) is 12.0 Å². The fraction of sp³-hybridized carbons (Fsp3) is 0.0556. The number of allylic oxidation sites excluding steroid dienone is 1. The van der Waals surface area contributed by atoms with Gasteiger partial charge in [-0.05, 0) is 54.3 Å². The van der Waals surface area contributed by atoms with E-state index in [1.54, 1.807) is 42.1 Å². The first kappa shape index (κ1) is 14.9. The number of carbonyl (C=O) groups excluding carboxylic acids is 1. The molecule has 1 aromatic heterocycles. The molecule has 0 unspecified atom stereocenters. The van der Waals surface area contributed by atoms with Gasteiger partial charge in [0.2, 0.25) is 5.78 Å². The maximum absolute atomic E-state index is 12.2. The van der Waals surface area contributed by atoms with Crippen LogP contribution < -0.4 is 0 Å². The first-order valence-corrected chi connectivity index (χ1v) is 8.31. The molecule has 0 aliphatic carbocycles. The lowest BCUT2D eigenvalue weighted by atomic mass is 10.2. The number of hydrogen-bond acceptors (Lipinski definition) is 3. The molecule has 0 fully saturated rings. The van der Waals surface area contributed by atoms with Gasteiger partial charge in [-0.15, -0.1) is 11.8 Å². The van der Waals surface area contributed by atoms with Crippen molar-refractivity contribution < 1.29 is 9.21 Å². The average molecular weight is 329 g/mol. The number of thioether (sulfide) groups is 1. The van der Waals surface area contributed by atoms with Gasteiger partial charge < -0.3 is 4.42 Å². The summed E-state index contributed by atoms with van der Waals surface area (Å²) in [5.41, 5.74) is 1.63. The second-order valence-corrected chi connectivity index (χ2v) is 6.08. The van der Waals surface area contributed by atoms with Crippen molar-refractivity contribution in [2.45, 2.75) is 4.90 Å². The summed E-state index contributed by atoms with van der Waals surface area (Å²) in [5.74, 6) is 0.149. The summed E-state index contributed by atoms with van der Waals surface area (Å²) in [7, 11) is 0. The zero-order chi connectivity index (χ0) is 15.5. The lowest BCUT2D eigenvalue weighted by Crippen LogP contribution is -1.90. The van der Waals surface area contributed by atoms with Crippen molar-refractivity contribution in [3.05, 3.63) is 71.0 Å². The van der Waals surface area contributed by atoms with Gasteiger partial charge in [0.05, 0.1) is 0 Å². The molecule has 2 aromatic carbocycles. The number of benzene rings is 2. The molecule has 3 aromatic rings. The molecule has 2 nitrogen and oxygen atoms in total. The van der Waals surface area contributed by atoms with E-state index in [-0.39, 0.29) is 5.78 Å². The van der Waals surface area contributed by atoms with Gasteiger partial charge in [-0.3, -0.25) is 4.79 Å². The third-order valence-corrected chi connectivity index (χ3v) is 4.24. The molecule has 4 heteroatoms. The molecule has 0 radical (unpaired) electrons. The molecule has 0 aliphatic heterocycles. The Morgan fingerprint density at radius 2 is 1.91 bits per heavy atom. The number of rotatable bonds is 4. The van der Waals surface area contributed by atoms with Gasteiger partial charge >= 0.3 is 0 Å². The molecule has 0 bridgehead atoms. The Balaban J connectivity index is 1.81. The Morgan fingerprint density at radius 3 is 2.64 bits per heavy atom. The van der Waals surface area contributed by atoms with Crippen LogP contribution in [0.25, 0.3) is 17.0 Å². The third kappa shape index (κ3) is 3.26. The SMILES string of the molecule is CSc1ccc(C=CC(=O)c2cc3cc(Cl)ccc3o2)cc1. The minimum atomic E-state index is -0.165. The quantitative estimate of drug-likeness (QED) is 0.349. The van der Waals surface area contributed by atoms with Gasteiger partial charge in [-0.25, -0.2) is 0 Å². The van der Waals surface area contributed by atoms with E-state index in [0.29, 0.717) is 16.4 Å². The largest absolute Gasteiger partial charge is 0.453 e. The van der Waals surface area contributed by atoms with Crippen LogP contribution in [0.2, 0.25) is 5.02 Å². The Bertz CT molecular complexity index is 847. The van der Waals surface area contributed by atoms with Gasteiger partial charge in [-0.2, -0.15) is 0 Å². The van der Waals surface area contributed by atoms with Crippen LogP contribution in [0.4, 0.5) is 0 Å². The summed E-state index contributed by atoms with van der Waals surface area (Å²) < 4.78 is 5.55. The lowest BCUT2D eigenvalue weighted by molar-refractivity contribution is 0.102. The van der Waals surface area contributed by atoms with Crippen LogP contribution in [0.1, 0.15) is 16.1 Å². The van der Waals surface area contributed by atoms with E-state index in [1.807, 2.05) is 30.5 Å². The number of hydrogen-bond donors (Lipinski definition) is 0. The first-order valence-electron chi connectivity index (χ1n) is 6.71. The molecule has 0 spiro atoms. The molecular formula is C18H13ClO2S. The second-order valence-electron chi connectivity index (χ2n) is 4.76. The van der Waals surface area contributed by atoms with E-state index in [2.05, 4.69) is 0 Å². The van der Waals surface area contributed by atoms with Crippen molar-refractivity contribution in [3.8, 4) is 0 Å². The van der Waals surface area contributed by atoms with Gasteiger partial charge in [0.15, 0.2) is 5.76 Å². The van der Waals surface area contributed by atoms with E-state index in [0.717, 1.165) is 10.9 Å². The standard InChI is InChI=1S/C18H13ClO2S/c1-22-15-6-2-12(3-7-15)4-8-16(20)18-11-13-10-14(19)5-9-17(13)21-18/h2-11H,1H3. The average Bonchev–Trinajstić information content (AvgIpc) is 2.96. The number of furan rings is 1. The van der Waals surface area contributed by atoms with Crippen molar-refractivity contribution in [1.29, 1.82) is 0 Å². The summed E-state index contributed by atoms with van der Waals surface area (Å²) in [5, 5.41) is 1.45. The Hall–Kier alpha value is -1.97. The molecule has 0 atom stereocenters. The topological polar surface area (TPSA) is 30.2 Å². The zero-order valence-corrected chi connectivity index (χ0v) is 13.4. The zero-order valence-electron chi connectivity index (χ0n) is 11.9. The van der Waals surface area contributed by atoms with E-state index in [9.17, 15) is 4.79 Å². The highest BCUT2D eigenvalue weighted by molar-refractivity contribution is 7.98. The normalized spacial score (nSPS) is 11.4. The predicted octanol–water partition coefficient (Wildman–Crippen LogP) is 5.70. The van der Waals surface area contributed by atoms with E-state index < -0.39 is 0 Å². The predicted molar refractivity (Wildman–Crippen MR) is 92.8 cm³/mol. The van der Waals surface area contributed by atoms with Gasteiger partial charge in [0, 0.05) is 15.3 Å². The van der Waals surface area contributed by atoms with Crippen molar-refractivity contribution in [2.75, 3.05) is 6.26 Å². The summed E-state index contributed by atoms with van der Waals surface area (Å²) in [6.07, 6.45) is 5.34. The van der Waals surface area contributed by atoms with E-state index in [1.165, 1.54) is 11.0 Å². The van der Waals surface area contributed by atoms with Crippen molar-refractivity contribution in [3.63, 3.8) is 0 Å². The summed E-state index contributed by atoms with van der Waals surface area (Å²) in [6, 6.07) is 15.0. The minimum absolute atomic E-state index is 0.165. The smallest absolute Gasteiger partial charge is 0.221 e. The van der Waals surface area contributed by atoms with Crippen LogP contribution in [0, 0.1) is 0 Å². The Morgan fingerprint density at radius 1 is 1.14 bits per heavy atom. The maximum Gasteiger partial charge on any atom is 0.221 e. The summed E-state index contributed by atoms with van der Waals surface area (Å²) in [4.78, 5) is 13.4. The highest BCUT2D eigenvalue weighted by Crippen LogP contribution is 2.23.